The number of ether oxygens (including phenoxy) is 1. The van der Waals surface area contributed by atoms with Crippen molar-refractivity contribution in [3.05, 3.63) is 114 Å². The average molecular weight is 723 g/mol. The van der Waals surface area contributed by atoms with E-state index in [4.69, 9.17) is 4.74 Å². The minimum Gasteiger partial charge on any atom is -0.487 e. The van der Waals surface area contributed by atoms with Crippen LogP contribution in [-0.2, 0) is 17.8 Å². The molecule has 0 spiro atoms. The molecule has 5 nitrogen and oxygen atoms in total. The first-order valence-electron chi connectivity index (χ1n) is 12.1. The van der Waals surface area contributed by atoms with Gasteiger partial charge in [0.05, 0.1) is 7.14 Å². The Morgan fingerprint density at radius 2 is 1.71 bits per heavy atom. The molecule has 188 valence electrons. The SMILES string of the molecule is N#C/C(=C/c1cc(I)c(OCc2ccc3ccccc3c2)c(I)c1)C(=O)NCCc1c[nH]c2ccccc12. The number of hydrogen-bond acceptors (Lipinski definition) is 3. The summed E-state index contributed by atoms with van der Waals surface area (Å²) in [6.45, 7) is 0.893. The molecule has 0 aliphatic carbocycles. The summed E-state index contributed by atoms with van der Waals surface area (Å²) in [5.74, 6) is 0.409. The summed E-state index contributed by atoms with van der Waals surface area (Å²) in [4.78, 5) is 16.0. The Morgan fingerprint density at radius 3 is 2.50 bits per heavy atom. The highest BCUT2D eigenvalue weighted by Crippen LogP contribution is 2.31. The lowest BCUT2D eigenvalue weighted by molar-refractivity contribution is -0.117. The molecule has 0 atom stereocenters. The maximum Gasteiger partial charge on any atom is 0.261 e. The van der Waals surface area contributed by atoms with E-state index in [0.29, 0.717) is 19.6 Å². The molecule has 0 aliphatic rings. The second-order valence-electron chi connectivity index (χ2n) is 8.82. The van der Waals surface area contributed by atoms with Gasteiger partial charge in [-0.3, -0.25) is 4.79 Å². The fraction of sp³-hybridized carbons (Fsp3) is 0.0968. The van der Waals surface area contributed by atoms with Gasteiger partial charge in [0.15, 0.2) is 0 Å². The van der Waals surface area contributed by atoms with Crippen molar-refractivity contribution in [2.24, 2.45) is 0 Å². The molecule has 0 saturated carbocycles. The molecule has 0 aliphatic heterocycles. The van der Waals surface area contributed by atoms with Gasteiger partial charge in [-0.1, -0.05) is 54.6 Å². The molecule has 1 amide bonds. The third-order valence-corrected chi connectivity index (χ3v) is 7.85. The first-order chi connectivity index (χ1) is 18.5. The van der Waals surface area contributed by atoms with Crippen molar-refractivity contribution in [1.29, 1.82) is 5.26 Å². The highest BCUT2D eigenvalue weighted by molar-refractivity contribution is 14.1. The molecule has 0 radical (unpaired) electrons. The Labute approximate surface area is 248 Å². The summed E-state index contributed by atoms with van der Waals surface area (Å²) in [5, 5.41) is 16.1. The molecule has 4 aromatic carbocycles. The number of hydrogen-bond donors (Lipinski definition) is 2. The number of para-hydroxylation sites is 1. The Morgan fingerprint density at radius 1 is 0.974 bits per heavy atom. The van der Waals surface area contributed by atoms with Crippen molar-refractivity contribution in [2.45, 2.75) is 13.0 Å². The smallest absolute Gasteiger partial charge is 0.261 e. The Hall–Kier alpha value is -3.36. The molecule has 38 heavy (non-hydrogen) atoms. The number of nitrogens with one attached hydrogen (secondary N) is 2. The van der Waals surface area contributed by atoms with Gasteiger partial charge in [-0.2, -0.15) is 5.26 Å². The van der Waals surface area contributed by atoms with Crippen molar-refractivity contribution in [3.63, 3.8) is 0 Å². The molecule has 0 fully saturated rings. The van der Waals surface area contributed by atoms with Crippen LogP contribution in [0.3, 0.4) is 0 Å². The fourth-order valence-corrected chi connectivity index (χ4v) is 6.47. The van der Waals surface area contributed by atoms with Crippen LogP contribution in [0.1, 0.15) is 16.7 Å². The predicted octanol–water partition coefficient (Wildman–Crippen LogP) is 7.38. The maximum atomic E-state index is 12.7. The van der Waals surface area contributed by atoms with E-state index in [1.54, 1.807) is 6.08 Å². The minimum absolute atomic E-state index is 0.0698. The predicted molar refractivity (Wildman–Crippen MR) is 169 cm³/mol. The zero-order valence-electron chi connectivity index (χ0n) is 20.3. The van der Waals surface area contributed by atoms with E-state index in [2.05, 4.69) is 91.9 Å². The van der Waals surface area contributed by atoms with Gasteiger partial charge in [0.1, 0.15) is 24.0 Å². The van der Waals surface area contributed by atoms with Crippen LogP contribution in [0.25, 0.3) is 27.8 Å². The monoisotopic (exact) mass is 723 g/mol. The molecule has 1 heterocycles. The Bertz CT molecular complexity index is 1690. The number of aromatic nitrogens is 1. The fourth-order valence-electron chi connectivity index (χ4n) is 4.34. The summed E-state index contributed by atoms with van der Waals surface area (Å²) < 4.78 is 8.00. The second-order valence-corrected chi connectivity index (χ2v) is 11.1. The number of carbonyl (C=O) groups is 1. The number of amides is 1. The number of halogens is 2. The topological polar surface area (TPSA) is 77.9 Å². The maximum absolute atomic E-state index is 12.7. The van der Waals surface area contributed by atoms with Crippen LogP contribution in [0.15, 0.2) is 90.6 Å². The zero-order valence-corrected chi connectivity index (χ0v) is 24.6. The molecule has 0 bridgehead atoms. The van der Waals surface area contributed by atoms with Crippen LogP contribution >= 0.6 is 45.2 Å². The first-order valence-corrected chi connectivity index (χ1v) is 14.2. The average Bonchev–Trinajstić information content (AvgIpc) is 3.34. The molecule has 2 N–H and O–H groups in total. The molecule has 5 rings (SSSR count). The highest BCUT2D eigenvalue weighted by Gasteiger charge is 2.13. The number of H-pyrrole nitrogens is 1. The summed E-state index contributed by atoms with van der Waals surface area (Å²) >= 11 is 4.47. The van der Waals surface area contributed by atoms with Gasteiger partial charge >= 0.3 is 0 Å². The third-order valence-electron chi connectivity index (χ3n) is 6.25. The van der Waals surface area contributed by atoms with Gasteiger partial charge in [0.2, 0.25) is 0 Å². The van der Waals surface area contributed by atoms with Crippen LogP contribution in [-0.4, -0.2) is 17.4 Å². The summed E-state index contributed by atoms with van der Waals surface area (Å²) in [6, 6.07) is 28.5. The van der Waals surface area contributed by atoms with E-state index >= 15 is 0 Å². The van der Waals surface area contributed by atoms with Gasteiger partial charge < -0.3 is 15.0 Å². The van der Waals surface area contributed by atoms with Gasteiger partial charge in [0.25, 0.3) is 5.91 Å². The number of fused-ring (bicyclic) bond motifs is 2. The lowest BCUT2D eigenvalue weighted by Gasteiger charge is -2.12. The van der Waals surface area contributed by atoms with Crippen molar-refractivity contribution in [2.75, 3.05) is 6.54 Å². The normalized spacial score (nSPS) is 11.4. The molecular weight excluding hydrogens is 700 g/mol. The molecular formula is C31H23I2N3O2. The second kappa shape index (κ2) is 12.0. The van der Waals surface area contributed by atoms with Crippen molar-refractivity contribution < 1.29 is 9.53 Å². The number of carbonyl (C=O) groups excluding carboxylic acids is 1. The summed E-state index contributed by atoms with van der Waals surface area (Å²) in [5.41, 5.74) is 4.14. The van der Waals surface area contributed by atoms with Crippen LogP contribution in [0.2, 0.25) is 0 Å². The summed E-state index contributed by atoms with van der Waals surface area (Å²) in [7, 11) is 0. The first kappa shape index (κ1) is 26.3. The molecule has 0 saturated heterocycles. The van der Waals surface area contributed by atoms with Crippen molar-refractivity contribution in [1.82, 2.24) is 10.3 Å². The molecule has 1 aromatic heterocycles. The van der Waals surface area contributed by atoms with Gasteiger partial charge in [-0.25, -0.2) is 0 Å². The third kappa shape index (κ3) is 6.03. The molecule has 5 aromatic rings. The Balaban J connectivity index is 1.23. The van der Waals surface area contributed by atoms with Gasteiger partial charge in [-0.05, 0) is 109 Å². The van der Waals surface area contributed by atoms with E-state index in [0.717, 1.165) is 40.5 Å². The van der Waals surface area contributed by atoms with Crippen LogP contribution in [0, 0.1) is 18.5 Å². The van der Waals surface area contributed by atoms with E-state index < -0.39 is 0 Å². The van der Waals surface area contributed by atoms with Crippen molar-refractivity contribution in [3.8, 4) is 11.8 Å². The van der Waals surface area contributed by atoms with E-state index in [1.165, 1.54) is 10.8 Å². The highest BCUT2D eigenvalue weighted by atomic mass is 127. The van der Waals surface area contributed by atoms with Gasteiger partial charge in [0, 0.05) is 23.6 Å². The van der Waals surface area contributed by atoms with Crippen LogP contribution in [0.4, 0.5) is 0 Å². The largest absolute Gasteiger partial charge is 0.487 e. The van der Waals surface area contributed by atoms with Crippen LogP contribution < -0.4 is 10.1 Å². The van der Waals surface area contributed by atoms with Crippen molar-refractivity contribution >= 4 is 78.8 Å². The standard InChI is InChI=1S/C31H23I2N3O2/c32-27-15-21(16-28(33)30(27)38-19-20-9-10-22-5-1-2-6-23(22)13-20)14-25(17-34)31(37)35-12-11-24-18-36-29-8-4-3-7-26(24)29/h1-10,13-16,18,36H,11-12,19H2,(H,35,37)/b25-14-. The van der Waals surface area contributed by atoms with Crippen LogP contribution in [0.5, 0.6) is 5.75 Å². The minimum atomic E-state index is -0.381. The Kier molecular flexibility index (Phi) is 8.29. The lowest BCUT2D eigenvalue weighted by atomic mass is 10.1. The molecule has 0 unspecified atom stereocenters. The number of rotatable bonds is 8. The van der Waals surface area contributed by atoms with E-state index in [9.17, 15) is 10.1 Å². The van der Waals surface area contributed by atoms with E-state index in [1.807, 2.05) is 54.7 Å². The number of nitrogens with zero attached hydrogens (tertiary/aromatic N) is 1. The number of aromatic amines is 1. The lowest BCUT2D eigenvalue weighted by Crippen LogP contribution is -2.26. The molecule has 7 heteroatoms. The number of nitriles is 1. The zero-order chi connectivity index (χ0) is 26.5. The van der Waals surface area contributed by atoms with E-state index in [-0.39, 0.29) is 11.5 Å². The van der Waals surface area contributed by atoms with Gasteiger partial charge in [-0.15, -0.1) is 0 Å². The summed E-state index contributed by atoms with van der Waals surface area (Å²) in [6.07, 6.45) is 4.26. The quantitative estimate of drug-likeness (QED) is 0.0998. The number of benzene rings is 4.